The molecule has 4 nitrogen and oxygen atoms in total. The molecule has 1 aromatic rings. The maximum absolute atomic E-state index is 6.73. The molecule has 1 aliphatic rings. The number of halogens is 1. The number of aromatic nitrogens is 1. The molecule has 0 N–H and O–H groups in total. The molecule has 1 saturated heterocycles. The van der Waals surface area contributed by atoms with Gasteiger partial charge in [-0.1, -0.05) is 29.4 Å². The fourth-order valence-electron chi connectivity index (χ4n) is 1.44. The van der Waals surface area contributed by atoms with Gasteiger partial charge < -0.3 is 4.90 Å². The van der Waals surface area contributed by atoms with Gasteiger partial charge in [-0.2, -0.15) is 6.57 Å². The summed E-state index contributed by atoms with van der Waals surface area (Å²) in [6.45, 7) is 8.38. The van der Waals surface area contributed by atoms with Crippen LogP contribution in [0.25, 0.3) is 4.95 Å². The summed E-state index contributed by atoms with van der Waals surface area (Å²) in [4.78, 5) is 9.16. The largest absolute Gasteiger partial charge is 0.340 e. The highest BCUT2D eigenvalue weighted by molar-refractivity contribution is 8.14. The molecule has 0 saturated carbocycles. The van der Waals surface area contributed by atoms with Crippen molar-refractivity contribution in [1.29, 1.82) is 0 Å². The number of rotatable bonds is 2. The Morgan fingerprint density at radius 2 is 2.50 bits per heavy atom. The van der Waals surface area contributed by atoms with Gasteiger partial charge in [0.2, 0.25) is 5.17 Å². The van der Waals surface area contributed by atoms with E-state index in [1.54, 1.807) is 24.0 Å². The van der Waals surface area contributed by atoms with Crippen LogP contribution in [0, 0.1) is 6.57 Å². The van der Waals surface area contributed by atoms with E-state index in [0.29, 0.717) is 5.15 Å². The van der Waals surface area contributed by atoms with E-state index in [1.807, 2.05) is 6.07 Å². The van der Waals surface area contributed by atoms with Crippen molar-refractivity contribution in [2.45, 2.75) is 6.54 Å². The Balaban J connectivity index is 2.07. The SMILES string of the molecule is [C-]#[N+]/N=C1/SCCN1Cc1ccc(Cl)nc1. The van der Waals surface area contributed by atoms with E-state index in [-0.39, 0.29) is 0 Å². The van der Waals surface area contributed by atoms with Crippen molar-refractivity contribution in [3.05, 3.63) is 40.6 Å². The van der Waals surface area contributed by atoms with Crippen molar-refractivity contribution >= 4 is 28.5 Å². The Labute approximate surface area is 103 Å². The number of hydrogen-bond acceptors (Lipinski definition) is 3. The highest BCUT2D eigenvalue weighted by atomic mass is 35.5. The highest BCUT2D eigenvalue weighted by Gasteiger charge is 2.21. The first-order valence-electron chi connectivity index (χ1n) is 4.72. The van der Waals surface area contributed by atoms with Crippen LogP contribution in [0.5, 0.6) is 0 Å². The van der Waals surface area contributed by atoms with Gasteiger partial charge in [-0.25, -0.2) is 4.98 Å². The van der Waals surface area contributed by atoms with Crippen molar-refractivity contribution in [3.8, 4) is 0 Å². The normalized spacial score (nSPS) is 17.8. The minimum atomic E-state index is 0.495. The monoisotopic (exact) mass is 252 g/mol. The molecule has 1 aliphatic heterocycles. The summed E-state index contributed by atoms with van der Waals surface area (Å²) >= 11 is 7.33. The van der Waals surface area contributed by atoms with Crippen LogP contribution >= 0.6 is 23.4 Å². The molecule has 0 atom stereocenters. The molecule has 2 heterocycles. The quantitative estimate of drug-likeness (QED) is 0.461. The van der Waals surface area contributed by atoms with E-state index in [1.165, 1.54) is 0 Å². The first-order chi connectivity index (χ1) is 7.79. The van der Waals surface area contributed by atoms with E-state index in [9.17, 15) is 0 Å². The van der Waals surface area contributed by atoms with Gasteiger partial charge in [-0.3, -0.25) is 0 Å². The lowest BCUT2D eigenvalue weighted by molar-refractivity contribution is 0.456. The lowest BCUT2D eigenvalue weighted by Crippen LogP contribution is -2.23. The van der Waals surface area contributed by atoms with Crippen LogP contribution in [0.3, 0.4) is 0 Å². The summed E-state index contributed by atoms with van der Waals surface area (Å²) < 4.78 is 0. The number of hydrogen-bond donors (Lipinski definition) is 0. The van der Waals surface area contributed by atoms with Gasteiger partial charge >= 0.3 is 0 Å². The van der Waals surface area contributed by atoms with Gasteiger partial charge in [0.25, 0.3) is 0 Å². The summed E-state index contributed by atoms with van der Waals surface area (Å²) in [5.74, 6) is 0.982. The topological polar surface area (TPSA) is 32.9 Å². The molecule has 1 aromatic heterocycles. The third-order valence-electron chi connectivity index (χ3n) is 2.16. The van der Waals surface area contributed by atoms with Gasteiger partial charge in [0, 0.05) is 25.0 Å². The summed E-state index contributed by atoms with van der Waals surface area (Å²) in [6, 6.07) is 3.71. The van der Waals surface area contributed by atoms with Crippen LogP contribution in [0.4, 0.5) is 0 Å². The number of pyridine rings is 1. The molecule has 1 fully saturated rings. The molecule has 0 bridgehead atoms. The van der Waals surface area contributed by atoms with Crippen molar-refractivity contribution in [3.63, 3.8) is 0 Å². The first kappa shape index (κ1) is 11.2. The van der Waals surface area contributed by atoms with Gasteiger partial charge in [0.1, 0.15) is 10.3 Å². The Hall–Kier alpha value is -1.25. The lowest BCUT2D eigenvalue weighted by atomic mass is 10.3. The molecule has 82 valence electrons. The smallest absolute Gasteiger partial charge is 0.247 e. The standard InChI is InChI=1S/C10H9ClN4S/c1-12-14-10-15(4-5-16-10)7-8-2-3-9(11)13-6-8/h2-3,6H,4-5,7H2/b14-10+. The van der Waals surface area contributed by atoms with E-state index in [4.69, 9.17) is 18.2 Å². The van der Waals surface area contributed by atoms with E-state index >= 15 is 0 Å². The molecule has 6 heteroatoms. The average molecular weight is 253 g/mol. The molecule has 0 unspecified atom stereocenters. The summed E-state index contributed by atoms with van der Waals surface area (Å²) in [5.41, 5.74) is 1.07. The number of nitrogens with zero attached hydrogens (tertiary/aromatic N) is 4. The Kier molecular flexibility index (Phi) is 3.65. The minimum Gasteiger partial charge on any atom is -0.340 e. The zero-order valence-electron chi connectivity index (χ0n) is 8.43. The second-order valence-electron chi connectivity index (χ2n) is 3.24. The van der Waals surface area contributed by atoms with Crippen molar-refractivity contribution in [2.24, 2.45) is 5.10 Å². The zero-order chi connectivity index (χ0) is 11.4. The zero-order valence-corrected chi connectivity index (χ0v) is 10.0. The maximum Gasteiger partial charge on any atom is 0.247 e. The Morgan fingerprint density at radius 1 is 1.62 bits per heavy atom. The second-order valence-corrected chi connectivity index (χ2v) is 4.69. The summed E-state index contributed by atoms with van der Waals surface area (Å²) in [7, 11) is 0. The Bertz CT molecular complexity index is 437. The van der Waals surface area contributed by atoms with E-state index < -0.39 is 0 Å². The van der Waals surface area contributed by atoms with Gasteiger partial charge in [0.15, 0.2) is 0 Å². The van der Waals surface area contributed by atoms with Crippen LogP contribution in [0.15, 0.2) is 23.4 Å². The predicted molar refractivity (Wildman–Crippen MR) is 66.2 cm³/mol. The van der Waals surface area contributed by atoms with Crippen molar-refractivity contribution in [2.75, 3.05) is 12.3 Å². The summed E-state index contributed by atoms with van der Waals surface area (Å²) in [5, 5.41) is 5.06. The minimum absolute atomic E-state index is 0.495. The number of amidine groups is 1. The molecule has 16 heavy (non-hydrogen) atoms. The van der Waals surface area contributed by atoms with Crippen LogP contribution in [-0.2, 0) is 6.54 Å². The maximum atomic E-state index is 6.73. The van der Waals surface area contributed by atoms with Crippen molar-refractivity contribution < 1.29 is 0 Å². The molecule has 2 rings (SSSR count). The van der Waals surface area contributed by atoms with Crippen LogP contribution in [0.2, 0.25) is 5.15 Å². The summed E-state index contributed by atoms with van der Waals surface area (Å²) in [6.07, 6.45) is 1.75. The molecular weight excluding hydrogens is 244 g/mol. The van der Waals surface area contributed by atoms with Crippen molar-refractivity contribution in [1.82, 2.24) is 9.88 Å². The predicted octanol–water partition coefficient (Wildman–Crippen LogP) is 2.47. The van der Waals surface area contributed by atoms with Crippen LogP contribution in [-0.4, -0.2) is 27.3 Å². The molecule has 0 aromatic carbocycles. The van der Waals surface area contributed by atoms with E-state index in [2.05, 4.69) is 19.9 Å². The molecular formula is C10H9ClN4S. The first-order valence-corrected chi connectivity index (χ1v) is 6.08. The molecule has 0 amide bonds. The molecule has 0 spiro atoms. The average Bonchev–Trinajstić information content (AvgIpc) is 2.70. The fraction of sp³-hybridized carbons (Fsp3) is 0.300. The fourth-order valence-corrected chi connectivity index (χ4v) is 2.48. The van der Waals surface area contributed by atoms with Crippen LogP contribution < -0.4 is 0 Å². The Morgan fingerprint density at radius 3 is 3.19 bits per heavy atom. The highest BCUT2D eigenvalue weighted by Crippen LogP contribution is 2.20. The lowest BCUT2D eigenvalue weighted by Gasteiger charge is -2.14. The third kappa shape index (κ3) is 2.65. The van der Waals surface area contributed by atoms with Gasteiger partial charge in [-0.15, -0.1) is 4.95 Å². The molecule has 0 aliphatic carbocycles. The third-order valence-corrected chi connectivity index (χ3v) is 3.37. The number of thioether (sulfide) groups is 1. The van der Waals surface area contributed by atoms with Gasteiger partial charge in [-0.05, 0) is 11.6 Å². The molecule has 0 radical (unpaired) electrons. The van der Waals surface area contributed by atoms with Crippen LogP contribution in [0.1, 0.15) is 5.56 Å². The van der Waals surface area contributed by atoms with E-state index in [0.717, 1.165) is 29.6 Å². The van der Waals surface area contributed by atoms with Gasteiger partial charge in [0.05, 0.1) is 0 Å². The second kappa shape index (κ2) is 5.19.